The maximum atomic E-state index is 12.8. The molecule has 6 heteroatoms. The fourth-order valence-electron chi connectivity index (χ4n) is 7.34. The van der Waals surface area contributed by atoms with Crippen LogP contribution in [-0.2, 0) is 19.1 Å². The van der Waals surface area contributed by atoms with Crippen LogP contribution in [0.2, 0.25) is 0 Å². The fraction of sp³-hybridized carbons (Fsp3) is 0.935. The van der Waals surface area contributed by atoms with Crippen molar-refractivity contribution in [3.05, 3.63) is 0 Å². The van der Waals surface area contributed by atoms with Gasteiger partial charge in [0.05, 0.1) is 0 Å². The summed E-state index contributed by atoms with van der Waals surface area (Å²) in [5.74, 6) is -1.21. The van der Waals surface area contributed by atoms with E-state index in [1.807, 2.05) is 0 Å². The number of carboxylic acids is 1. The van der Waals surface area contributed by atoms with Crippen molar-refractivity contribution in [3.8, 4) is 0 Å². The fourth-order valence-corrected chi connectivity index (χ4v) is 7.34. The zero-order valence-electron chi connectivity index (χ0n) is 34.9. The number of carbonyl (C=O) groups is 3. The highest BCUT2D eigenvalue weighted by molar-refractivity contribution is 5.80. The van der Waals surface area contributed by atoms with E-state index in [0.29, 0.717) is 12.8 Å². The molecule has 52 heavy (non-hydrogen) atoms. The van der Waals surface area contributed by atoms with Crippen LogP contribution in [0.3, 0.4) is 0 Å². The Bertz CT molecular complexity index is 772. The van der Waals surface area contributed by atoms with Crippen molar-refractivity contribution >= 4 is 17.8 Å². The van der Waals surface area contributed by atoms with E-state index in [9.17, 15) is 14.4 Å². The summed E-state index contributed by atoms with van der Waals surface area (Å²) in [6, 6.07) is 0. The van der Waals surface area contributed by atoms with E-state index in [1.54, 1.807) is 0 Å². The summed E-state index contributed by atoms with van der Waals surface area (Å²) in [7, 11) is 0. The van der Waals surface area contributed by atoms with Crippen molar-refractivity contribution in [2.45, 2.75) is 270 Å². The molecule has 1 unspecified atom stereocenters. The Hall–Kier alpha value is -1.59. The standard InChI is InChI=1S/C46H89NO5/c1-3-5-7-9-11-13-15-16-17-18-19-20-21-22-24-26-28-33-37-41-46(51)52-43(38-34-30-27-25-23-14-12-10-8-6-4-2)39-35-31-29-32-36-40-44(48)47-42-45(49)50/h43H,3-42H2,1-2H3,(H,47,48)(H,49,50). The lowest BCUT2D eigenvalue weighted by Crippen LogP contribution is -2.28. The van der Waals surface area contributed by atoms with Gasteiger partial charge in [-0.25, -0.2) is 0 Å². The topological polar surface area (TPSA) is 92.7 Å². The van der Waals surface area contributed by atoms with Gasteiger partial charge in [-0.15, -0.1) is 0 Å². The third kappa shape index (κ3) is 41.2. The maximum absolute atomic E-state index is 12.8. The first kappa shape index (κ1) is 50.4. The summed E-state index contributed by atoms with van der Waals surface area (Å²) < 4.78 is 6.04. The summed E-state index contributed by atoms with van der Waals surface area (Å²) in [5, 5.41) is 11.1. The second-order valence-corrected chi connectivity index (χ2v) is 16.0. The molecular weight excluding hydrogens is 647 g/mol. The second-order valence-electron chi connectivity index (χ2n) is 16.0. The number of carboxylic acid groups (broad SMARTS) is 1. The molecular formula is C46H89NO5. The zero-order chi connectivity index (χ0) is 38.0. The van der Waals surface area contributed by atoms with E-state index in [-0.39, 0.29) is 24.5 Å². The highest BCUT2D eigenvalue weighted by atomic mass is 16.5. The number of ether oxygens (including phenoxy) is 1. The molecule has 0 aromatic rings. The van der Waals surface area contributed by atoms with E-state index in [1.165, 1.54) is 173 Å². The number of rotatable bonds is 43. The quantitative estimate of drug-likeness (QED) is 0.0480. The van der Waals surface area contributed by atoms with E-state index >= 15 is 0 Å². The summed E-state index contributed by atoms with van der Waals surface area (Å²) in [5.41, 5.74) is 0. The van der Waals surface area contributed by atoms with Crippen molar-refractivity contribution in [1.29, 1.82) is 0 Å². The molecule has 308 valence electrons. The Kier molecular flexibility index (Phi) is 40.9. The lowest BCUT2D eigenvalue weighted by atomic mass is 10.0. The number of esters is 1. The number of amides is 1. The Morgan fingerprint density at radius 3 is 1.04 bits per heavy atom. The first-order valence-corrected chi connectivity index (χ1v) is 23.2. The van der Waals surface area contributed by atoms with Crippen LogP contribution in [0.15, 0.2) is 0 Å². The minimum Gasteiger partial charge on any atom is -0.480 e. The predicted octanol–water partition coefficient (Wildman–Crippen LogP) is 14.4. The molecule has 0 spiro atoms. The number of hydrogen-bond acceptors (Lipinski definition) is 4. The summed E-state index contributed by atoms with van der Waals surface area (Å²) in [6.07, 6.45) is 48.1. The Morgan fingerprint density at radius 1 is 0.423 bits per heavy atom. The number of nitrogens with one attached hydrogen (secondary N) is 1. The number of aliphatic carboxylic acids is 1. The minimum atomic E-state index is -1.01. The molecule has 1 amide bonds. The molecule has 6 nitrogen and oxygen atoms in total. The van der Waals surface area contributed by atoms with E-state index in [4.69, 9.17) is 9.84 Å². The first-order valence-electron chi connectivity index (χ1n) is 23.2. The average Bonchev–Trinajstić information content (AvgIpc) is 3.13. The van der Waals surface area contributed by atoms with Crippen molar-refractivity contribution < 1.29 is 24.2 Å². The molecule has 0 aliphatic rings. The van der Waals surface area contributed by atoms with Crippen LogP contribution < -0.4 is 5.32 Å². The third-order valence-electron chi connectivity index (χ3n) is 10.8. The highest BCUT2D eigenvalue weighted by Crippen LogP contribution is 2.19. The van der Waals surface area contributed by atoms with Crippen LogP contribution in [0.25, 0.3) is 0 Å². The van der Waals surface area contributed by atoms with Gasteiger partial charge in [-0.2, -0.15) is 0 Å². The average molecular weight is 736 g/mol. The van der Waals surface area contributed by atoms with Gasteiger partial charge >= 0.3 is 11.9 Å². The lowest BCUT2D eigenvalue weighted by molar-refractivity contribution is -0.150. The van der Waals surface area contributed by atoms with Gasteiger partial charge in [-0.3, -0.25) is 14.4 Å². The van der Waals surface area contributed by atoms with E-state index in [0.717, 1.165) is 64.2 Å². The van der Waals surface area contributed by atoms with Crippen molar-refractivity contribution in [1.82, 2.24) is 5.32 Å². The highest BCUT2D eigenvalue weighted by Gasteiger charge is 2.14. The van der Waals surface area contributed by atoms with Crippen LogP contribution in [-0.4, -0.2) is 35.6 Å². The van der Waals surface area contributed by atoms with Gasteiger partial charge in [-0.05, 0) is 38.5 Å². The SMILES string of the molecule is CCCCCCCCCCCCCCCCCCCCCC(=O)OC(CCCCCCCCCCCCC)CCCCCCCC(=O)NCC(=O)O. The van der Waals surface area contributed by atoms with Crippen molar-refractivity contribution in [2.75, 3.05) is 6.54 Å². The van der Waals surface area contributed by atoms with Gasteiger partial charge in [0, 0.05) is 12.8 Å². The largest absolute Gasteiger partial charge is 0.480 e. The molecule has 0 saturated carbocycles. The third-order valence-corrected chi connectivity index (χ3v) is 10.8. The number of unbranched alkanes of at least 4 members (excludes halogenated alkanes) is 32. The predicted molar refractivity (Wildman–Crippen MR) is 222 cm³/mol. The van der Waals surface area contributed by atoms with Gasteiger partial charge in [0.25, 0.3) is 0 Å². The molecule has 0 rings (SSSR count). The van der Waals surface area contributed by atoms with Gasteiger partial charge < -0.3 is 15.2 Å². The van der Waals surface area contributed by atoms with Crippen LogP contribution >= 0.6 is 0 Å². The second kappa shape index (κ2) is 42.2. The molecule has 1 atom stereocenters. The van der Waals surface area contributed by atoms with Crippen molar-refractivity contribution in [2.24, 2.45) is 0 Å². The molecule has 0 heterocycles. The molecule has 0 fully saturated rings. The first-order chi connectivity index (χ1) is 25.5. The molecule has 0 aliphatic heterocycles. The Labute approximate surface area is 323 Å². The summed E-state index contributed by atoms with van der Waals surface area (Å²) in [4.78, 5) is 35.1. The monoisotopic (exact) mass is 736 g/mol. The van der Waals surface area contributed by atoms with E-state index in [2.05, 4.69) is 19.2 Å². The van der Waals surface area contributed by atoms with E-state index < -0.39 is 5.97 Å². The molecule has 0 bridgehead atoms. The lowest BCUT2D eigenvalue weighted by Gasteiger charge is -2.18. The number of hydrogen-bond donors (Lipinski definition) is 2. The van der Waals surface area contributed by atoms with Gasteiger partial charge in [0.15, 0.2) is 0 Å². The zero-order valence-corrected chi connectivity index (χ0v) is 34.9. The molecule has 0 aromatic heterocycles. The van der Waals surface area contributed by atoms with Crippen LogP contribution in [0, 0.1) is 0 Å². The van der Waals surface area contributed by atoms with Crippen LogP contribution in [0.4, 0.5) is 0 Å². The van der Waals surface area contributed by atoms with Crippen LogP contribution in [0.1, 0.15) is 264 Å². The molecule has 0 aliphatic carbocycles. The van der Waals surface area contributed by atoms with Gasteiger partial charge in [-0.1, -0.05) is 213 Å². The molecule has 0 radical (unpaired) electrons. The molecule has 2 N–H and O–H groups in total. The smallest absolute Gasteiger partial charge is 0.322 e. The normalized spacial score (nSPS) is 11.9. The number of carbonyl (C=O) groups excluding carboxylic acids is 2. The molecule has 0 aromatic carbocycles. The maximum Gasteiger partial charge on any atom is 0.322 e. The Morgan fingerprint density at radius 2 is 0.712 bits per heavy atom. The van der Waals surface area contributed by atoms with Gasteiger partial charge in [0.1, 0.15) is 12.6 Å². The Balaban J connectivity index is 4.01. The summed E-state index contributed by atoms with van der Waals surface area (Å²) in [6.45, 7) is 4.25. The minimum absolute atomic E-state index is 0.00702. The van der Waals surface area contributed by atoms with Gasteiger partial charge in [0.2, 0.25) is 5.91 Å². The summed E-state index contributed by atoms with van der Waals surface area (Å²) >= 11 is 0. The molecule has 0 saturated heterocycles. The van der Waals surface area contributed by atoms with Crippen molar-refractivity contribution in [3.63, 3.8) is 0 Å². The van der Waals surface area contributed by atoms with Crippen LogP contribution in [0.5, 0.6) is 0 Å².